The highest BCUT2D eigenvalue weighted by Gasteiger charge is 2.37. The number of rotatable bonds is 9. The van der Waals surface area contributed by atoms with Crippen molar-refractivity contribution < 1.29 is 14.3 Å². The van der Waals surface area contributed by atoms with E-state index in [1.165, 1.54) is 5.56 Å². The smallest absolute Gasteiger partial charge is 0.246 e. The van der Waals surface area contributed by atoms with Gasteiger partial charge in [0.2, 0.25) is 5.91 Å². The van der Waals surface area contributed by atoms with Gasteiger partial charge in [-0.15, -0.1) is 0 Å². The summed E-state index contributed by atoms with van der Waals surface area (Å²) < 4.78 is 10.2. The Balaban J connectivity index is 1.85. The van der Waals surface area contributed by atoms with E-state index in [9.17, 15) is 4.79 Å². The number of halogens is 1. The highest BCUT2D eigenvalue weighted by atomic mass is 35.5. The minimum absolute atomic E-state index is 0.0432. The van der Waals surface area contributed by atoms with Gasteiger partial charge in [-0.3, -0.25) is 4.79 Å². The maximum Gasteiger partial charge on any atom is 0.246 e. The summed E-state index contributed by atoms with van der Waals surface area (Å²) in [6.45, 7) is 1.05. The van der Waals surface area contributed by atoms with Crippen molar-refractivity contribution >= 4 is 17.5 Å². The monoisotopic (exact) mass is 382 g/mol. The van der Waals surface area contributed by atoms with Crippen LogP contribution in [0.4, 0.5) is 0 Å². The molecule has 0 bridgehead atoms. The van der Waals surface area contributed by atoms with Crippen LogP contribution in [0.25, 0.3) is 0 Å². The summed E-state index contributed by atoms with van der Waals surface area (Å²) in [7, 11) is 5.91. The van der Waals surface area contributed by atoms with Crippen molar-refractivity contribution in [2.24, 2.45) is 0 Å². The van der Waals surface area contributed by atoms with E-state index in [4.69, 9.17) is 21.1 Å². The Morgan fingerprint density at radius 3 is 2.65 bits per heavy atom. The summed E-state index contributed by atoms with van der Waals surface area (Å²) in [5.41, 5.74) is 1.38. The lowest BCUT2D eigenvalue weighted by molar-refractivity contribution is -0.127. The molecule has 0 atom stereocenters. The first-order valence-corrected chi connectivity index (χ1v) is 9.61. The van der Waals surface area contributed by atoms with E-state index in [-0.39, 0.29) is 24.1 Å². The van der Waals surface area contributed by atoms with Crippen molar-refractivity contribution in [3.8, 4) is 0 Å². The number of hydrogen-bond donors (Lipinski definition) is 1. The molecule has 1 aromatic carbocycles. The lowest BCUT2D eigenvalue weighted by Crippen LogP contribution is -2.52. The molecule has 5 nitrogen and oxygen atoms in total. The van der Waals surface area contributed by atoms with Gasteiger partial charge in [-0.05, 0) is 63.9 Å². The molecule has 1 aliphatic carbocycles. The van der Waals surface area contributed by atoms with Crippen LogP contribution in [0.3, 0.4) is 0 Å². The molecule has 0 radical (unpaired) electrons. The fourth-order valence-corrected chi connectivity index (χ4v) is 3.90. The minimum atomic E-state index is -0.0432. The van der Waals surface area contributed by atoms with Crippen LogP contribution in [0.5, 0.6) is 0 Å². The molecule has 146 valence electrons. The average Bonchev–Trinajstić information content (AvgIpc) is 2.60. The third-order valence-corrected chi connectivity index (χ3v) is 5.55. The van der Waals surface area contributed by atoms with Crippen molar-refractivity contribution in [3.63, 3.8) is 0 Å². The summed E-state index contributed by atoms with van der Waals surface area (Å²) >= 11 is 6.15. The Hall–Kier alpha value is -1.14. The number of nitrogens with one attached hydrogen (secondary N) is 1. The summed E-state index contributed by atoms with van der Waals surface area (Å²) in [6.07, 6.45) is 5.01. The van der Waals surface area contributed by atoms with Gasteiger partial charge in [0.05, 0.1) is 13.2 Å². The minimum Gasteiger partial charge on any atom is -0.382 e. The summed E-state index contributed by atoms with van der Waals surface area (Å²) in [6, 6.07) is 8.34. The van der Waals surface area contributed by atoms with Crippen molar-refractivity contribution in [2.45, 2.75) is 43.7 Å². The van der Waals surface area contributed by atoms with Crippen LogP contribution in [0, 0.1) is 0 Å². The number of ether oxygens (including phenoxy) is 2. The molecule has 0 unspecified atom stereocenters. The van der Waals surface area contributed by atoms with Crippen molar-refractivity contribution in [2.75, 3.05) is 41.0 Å². The number of benzene rings is 1. The number of amides is 1. The molecule has 1 saturated carbocycles. The second kappa shape index (κ2) is 10.3. The zero-order valence-electron chi connectivity index (χ0n) is 16.1. The van der Waals surface area contributed by atoms with Gasteiger partial charge in [-0.1, -0.05) is 23.7 Å². The van der Waals surface area contributed by atoms with E-state index in [1.54, 1.807) is 7.11 Å². The second-order valence-corrected chi connectivity index (χ2v) is 7.75. The highest BCUT2D eigenvalue weighted by Crippen LogP contribution is 2.35. The molecule has 0 aromatic heterocycles. The molecule has 0 saturated heterocycles. The topological polar surface area (TPSA) is 50.8 Å². The standard InChI is InChI=1S/C20H31ClN2O3/c1-23(2)20(14-16-5-4-6-17(21)13-16)9-7-18(8-10-20)22-19(24)15-26-12-11-25-3/h4-6,13,18H,7-12,14-15H2,1-3H3,(H,22,24). The van der Waals surface area contributed by atoms with Crippen molar-refractivity contribution in [1.29, 1.82) is 0 Å². The lowest BCUT2D eigenvalue weighted by atomic mass is 9.75. The largest absolute Gasteiger partial charge is 0.382 e. The molecular weight excluding hydrogens is 352 g/mol. The zero-order valence-corrected chi connectivity index (χ0v) is 16.8. The molecule has 1 aromatic rings. The number of nitrogens with zero attached hydrogens (tertiary/aromatic N) is 1. The first-order chi connectivity index (χ1) is 12.4. The van der Waals surface area contributed by atoms with Gasteiger partial charge in [-0.2, -0.15) is 0 Å². The predicted octanol–water partition coefficient (Wildman–Crippen LogP) is 2.90. The molecule has 6 heteroatoms. The van der Waals surface area contributed by atoms with E-state index < -0.39 is 0 Å². The summed E-state index contributed by atoms with van der Waals surface area (Å²) in [5.74, 6) is -0.0432. The molecule has 1 N–H and O–H groups in total. The van der Waals surface area contributed by atoms with Crippen LogP contribution in [-0.4, -0.2) is 63.4 Å². The first-order valence-electron chi connectivity index (χ1n) is 9.23. The fraction of sp³-hybridized carbons (Fsp3) is 0.650. The third kappa shape index (κ3) is 6.23. The lowest BCUT2D eigenvalue weighted by Gasteiger charge is -2.45. The Bertz CT molecular complexity index is 572. The molecular formula is C20H31ClN2O3. The number of hydrogen-bond acceptors (Lipinski definition) is 4. The summed E-state index contributed by atoms with van der Waals surface area (Å²) in [5, 5.41) is 3.88. The molecule has 2 rings (SSSR count). The van der Waals surface area contributed by atoms with Gasteiger partial charge in [0, 0.05) is 23.7 Å². The molecule has 1 fully saturated rings. The number of methoxy groups -OCH3 is 1. The molecule has 0 heterocycles. The average molecular weight is 383 g/mol. The van der Waals surface area contributed by atoms with Gasteiger partial charge >= 0.3 is 0 Å². The Morgan fingerprint density at radius 2 is 2.04 bits per heavy atom. The maximum absolute atomic E-state index is 12.0. The van der Waals surface area contributed by atoms with Crippen molar-refractivity contribution in [1.82, 2.24) is 10.2 Å². The van der Waals surface area contributed by atoms with E-state index in [0.29, 0.717) is 13.2 Å². The number of carbonyl (C=O) groups is 1. The molecule has 26 heavy (non-hydrogen) atoms. The van der Waals surface area contributed by atoms with Crippen LogP contribution in [0.1, 0.15) is 31.2 Å². The Labute approximate surface area is 162 Å². The molecule has 1 aliphatic rings. The molecule has 0 aliphatic heterocycles. The van der Waals surface area contributed by atoms with Crippen LogP contribution in [-0.2, 0) is 20.7 Å². The molecule has 1 amide bonds. The first kappa shape index (κ1) is 21.2. The SMILES string of the molecule is COCCOCC(=O)NC1CCC(Cc2cccc(Cl)c2)(N(C)C)CC1. The van der Waals surface area contributed by atoms with Gasteiger partial charge in [0.1, 0.15) is 6.61 Å². The maximum atomic E-state index is 12.0. The second-order valence-electron chi connectivity index (χ2n) is 7.31. The van der Waals surface area contributed by atoms with Gasteiger partial charge in [0.15, 0.2) is 0 Å². The predicted molar refractivity (Wildman–Crippen MR) is 105 cm³/mol. The van der Waals surface area contributed by atoms with E-state index >= 15 is 0 Å². The quantitative estimate of drug-likeness (QED) is 0.667. The van der Waals surface area contributed by atoms with Crippen LogP contribution in [0.2, 0.25) is 5.02 Å². The van der Waals surface area contributed by atoms with Crippen molar-refractivity contribution in [3.05, 3.63) is 34.9 Å². The van der Waals surface area contributed by atoms with Crippen LogP contribution < -0.4 is 5.32 Å². The Morgan fingerprint density at radius 1 is 1.31 bits per heavy atom. The van der Waals surface area contributed by atoms with Gasteiger partial charge in [0.25, 0.3) is 0 Å². The highest BCUT2D eigenvalue weighted by molar-refractivity contribution is 6.30. The van der Waals surface area contributed by atoms with Gasteiger partial charge < -0.3 is 19.7 Å². The van der Waals surface area contributed by atoms with Gasteiger partial charge in [-0.25, -0.2) is 0 Å². The number of carbonyl (C=O) groups excluding carboxylic acids is 1. The van der Waals surface area contributed by atoms with E-state index in [0.717, 1.165) is 37.1 Å². The summed E-state index contributed by atoms with van der Waals surface area (Å²) in [4.78, 5) is 14.3. The van der Waals surface area contributed by atoms with E-state index in [2.05, 4.69) is 36.4 Å². The zero-order chi connectivity index (χ0) is 19.0. The Kier molecular flexibility index (Phi) is 8.35. The number of likely N-dealkylation sites (N-methyl/N-ethyl adjacent to an activating group) is 1. The van der Waals surface area contributed by atoms with Crippen LogP contribution >= 0.6 is 11.6 Å². The molecule has 0 spiro atoms. The van der Waals surface area contributed by atoms with E-state index in [1.807, 2.05) is 12.1 Å². The fourth-order valence-electron chi connectivity index (χ4n) is 3.68. The third-order valence-electron chi connectivity index (χ3n) is 5.32. The normalized spacial score (nSPS) is 23.2. The van der Waals surface area contributed by atoms with Crippen LogP contribution in [0.15, 0.2) is 24.3 Å².